The highest BCUT2D eigenvalue weighted by Gasteiger charge is 2.28. The molecule has 0 spiro atoms. The number of azo groups is 1. The molecule has 4 rings (SSSR count). The summed E-state index contributed by atoms with van der Waals surface area (Å²) in [5.74, 6) is -0.571. The first-order valence-corrected chi connectivity index (χ1v) is 12.2. The van der Waals surface area contributed by atoms with Crippen LogP contribution >= 0.6 is 0 Å². The van der Waals surface area contributed by atoms with Gasteiger partial charge in [0.05, 0.1) is 12.3 Å². The number of nitrogens with zero attached hydrogens (tertiary/aromatic N) is 2. The number of hydrogen-bond donors (Lipinski definition) is 1. The molecule has 0 bridgehead atoms. The summed E-state index contributed by atoms with van der Waals surface area (Å²) in [5, 5.41) is 8.07. The van der Waals surface area contributed by atoms with E-state index in [1.165, 1.54) is 6.07 Å². The highest BCUT2D eigenvalue weighted by molar-refractivity contribution is 7.92. The number of sulfonamides is 1. The van der Waals surface area contributed by atoms with Crippen molar-refractivity contribution >= 4 is 21.6 Å². The van der Waals surface area contributed by atoms with Crippen LogP contribution in [0.5, 0.6) is 0 Å². The number of anilines is 1. The number of hydrogen-bond acceptors (Lipinski definition) is 4. The van der Waals surface area contributed by atoms with Crippen LogP contribution in [-0.2, 0) is 21.2 Å². The summed E-state index contributed by atoms with van der Waals surface area (Å²) in [6.45, 7) is 0. The van der Waals surface area contributed by atoms with E-state index in [0.717, 1.165) is 48.6 Å². The lowest BCUT2D eigenvalue weighted by Crippen LogP contribution is -2.22. The molecule has 0 aromatic heterocycles. The number of aryl methyl sites for hydroxylation is 1. The van der Waals surface area contributed by atoms with Crippen LogP contribution in [0, 0.1) is 5.82 Å². The van der Waals surface area contributed by atoms with Gasteiger partial charge in [-0.2, -0.15) is 5.11 Å². The molecular weight excluding hydrogens is 417 g/mol. The van der Waals surface area contributed by atoms with Crippen molar-refractivity contribution in [2.24, 2.45) is 10.2 Å². The number of carbonyl (C=O) groups excluding carboxylic acids is 1. The van der Waals surface area contributed by atoms with Crippen LogP contribution in [0.4, 0.5) is 10.1 Å². The average molecular weight is 442 g/mol. The molecule has 1 heterocycles. The zero-order valence-electron chi connectivity index (χ0n) is 17.3. The summed E-state index contributed by atoms with van der Waals surface area (Å²) in [6.07, 6.45) is 6.20. The molecule has 1 aliphatic heterocycles. The van der Waals surface area contributed by atoms with Crippen molar-refractivity contribution in [1.82, 2.24) is 0 Å². The third kappa shape index (κ3) is 5.07. The Morgan fingerprint density at radius 3 is 2.74 bits per heavy atom. The first kappa shape index (κ1) is 21.4. The Bertz CT molecular complexity index is 1190. The molecule has 2 aromatic rings. The third-order valence-electron chi connectivity index (χ3n) is 5.67. The molecular formula is C23H24FN3O3S. The molecule has 162 valence electrons. The molecule has 8 heteroatoms. The van der Waals surface area contributed by atoms with Crippen molar-refractivity contribution < 1.29 is 17.6 Å². The molecule has 0 saturated carbocycles. The van der Waals surface area contributed by atoms with E-state index in [1.807, 2.05) is 0 Å². The van der Waals surface area contributed by atoms with Crippen LogP contribution in [0.25, 0.3) is 11.1 Å². The fourth-order valence-electron chi connectivity index (χ4n) is 4.24. The number of halogens is 1. The van der Waals surface area contributed by atoms with Gasteiger partial charge < -0.3 is 0 Å². The van der Waals surface area contributed by atoms with Crippen LogP contribution < -0.4 is 4.72 Å². The SMILES string of the molecule is CS(=O)(=O)Nc1cccc(-c2cc(CCC3N=NC(=O)C4=C3CCCC4)ccc2F)c1. The topological polar surface area (TPSA) is 88.0 Å². The van der Waals surface area contributed by atoms with Crippen molar-refractivity contribution in [1.29, 1.82) is 0 Å². The summed E-state index contributed by atoms with van der Waals surface area (Å²) in [5.41, 5.74) is 4.28. The Morgan fingerprint density at radius 1 is 1.13 bits per heavy atom. The van der Waals surface area contributed by atoms with Gasteiger partial charge in [0.25, 0.3) is 5.91 Å². The van der Waals surface area contributed by atoms with Gasteiger partial charge in [-0.05, 0) is 79.5 Å². The maximum Gasteiger partial charge on any atom is 0.291 e. The van der Waals surface area contributed by atoms with Gasteiger partial charge in [-0.25, -0.2) is 12.8 Å². The summed E-state index contributed by atoms with van der Waals surface area (Å²) >= 11 is 0. The maximum absolute atomic E-state index is 14.6. The predicted molar refractivity (Wildman–Crippen MR) is 118 cm³/mol. The molecule has 1 unspecified atom stereocenters. The van der Waals surface area contributed by atoms with Gasteiger partial charge in [0.1, 0.15) is 5.82 Å². The van der Waals surface area contributed by atoms with Crippen molar-refractivity contribution in [3.63, 3.8) is 0 Å². The zero-order valence-corrected chi connectivity index (χ0v) is 18.1. The third-order valence-corrected chi connectivity index (χ3v) is 6.28. The molecule has 1 atom stereocenters. The summed E-state index contributed by atoms with van der Waals surface area (Å²) in [7, 11) is -3.42. The van der Waals surface area contributed by atoms with Crippen LogP contribution in [0.1, 0.15) is 37.7 Å². The van der Waals surface area contributed by atoms with E-state index >= 15 is 0 Å². The molecule has 1 aliphatic carbocycles. The highest BCUT2D eigenvalue weighted by Crippen LogP contribution is 2.34. The lowest BCUT2D eigenvalue weighted by molar-refractivity contribution is -0.115. The minimum absolute atomic E-state index is 0.0937. The maximum atomic E-state index is 14.6. The Hall–Kier alpha value is -2.87. The van der Waals surface area contributed by atoms with E-state index in [4.69, 9.17) is 0 Å². The molecule has 6 nitrogen and oxygen atoms in total. The number of carbonyl (C=O) groups is 1. The van der Waals surface area contributed by atoms with Gasteiger partial charge in [0.15, 0.2) is 0 Å². The van der Waals surface area contributed by atoms with E-state index in [-0.39, 0.29) is 17.8 Å². The normalized spacial score (nSPS) is 18.8. The number of nitrogens with one attached hydrogen (secondary N) is 1. The molecule has 2 aliphatic rings. The number of rotatable bonds is 6. The van der Waals surface area contributed by atoms with Gasteiger partial charge in [-0.1, -0.05) is 18.2 Å². The quantitative estimate of drug-likeness (QED) is 0.682. The van der Waals surface area contributed by atoms with Gasteiger partial charge in [0.2, 0.25) is 10.0 Å². The Kier molecular flexibility index (Phi) is 6.00. The monoisotopic (exact) mass is 441 g/mol. The van der Waals surface area contributed by atoms with Gasteiger partial charge >= 0.3 is 0 Å². The molecule has 0 fully saturated rings. The summed E-state index contributed by atoms with van der Waals surface area (Å²) < 4.78 is 40.0. The minimum atomic E-state index is -3.42. The summed E-state index contributed by atoms with van der Waals surface area (Å²) in [4.78, 5) is 12.0. The molecule has 0 radical (unpaired) electrons. The Balaban J connectivity index is 1.54. The molecule has 31 heavy (non-hydrogen) atoms. The fourth-order valence-corrected chi connectivity index (χ4v) is 4.80. The van der Waals surface area contributed by atoms with Gasteiger partial charge in [-0.3, -0.25) is 9.52 Å². The first-order valence-electron chi connectivity index (χ1n) is 10.3. The van der Waals surface area contributed by atoms with Crippen LogP contribution in [-0.4, -0.2) is 26.6 Å². The molecule has 1 N–H and O–H groups in total. The van der Waals surface area contributed by atoms with Crippen molar-refractivity contribution in [3.05, 3.63) is 65.0 Å². The van der Waals surface area contributed by atoms with Crippen molar-refractivity contribution in [2.75, 3.05) is 11.0 Å². The van der Waals surface area contributed by atoms with Crippen LogP contribution in [0.2, 0.25) is 0 Å². The zero-order chi connectivity index (χ0) is 22.0. The predicted octanol–water partition coefficient (Wildman–Crippen LogP) is 5.03. The van der Waals surface area contributed by atoms with Crippen molar-refractivity contribution in [3.8, 4) is 11.1 Å². The second kappa shape index (κ2) is 8.70. The summed E-state index contributed by atoms with van der Waals surface area (Å²) in [6, 6.07) is 11.5. The number of benzene rings is 2. The molecule has 0 saturated heterocycles. The van der Waals surface area contributed by atoms with E-state index in [0.29, 0.717) is 29.7 Å². The van der Waals surface area contributed by atoms with Gasteiger partial charge in [0, 0.05) is 16.8 Å². The van der Waals surface area contributed by atoms with Gasteiger partial charge in [-0.15, -0.1) is 5.11 Å². The average Bonchev–Trinajstić information content (AvgIpc) is 2.73. The smallest absolute Gasteiger partial charge is 0.284 e. The minimum Gasteiger partial charge on any atom is -0.284 e. The molecule has 2 aromatic carbocycles. The largest absolute Gasteiger partial charge is 0.291 e. The Labute approximate surface area is 181 Å². The lowest BCUT2D eigenvalue weighted by atomic mass is 9.84. The lowest BCUT2D eigenvalue weighted by Gasteiger charge is -2.25. The van der Waals surface area contributed by atoms with E-state index < -0.39 is 10.0 Å². The van der Waals surface area contributed by atoms with E-state index in [2.05, 4.69) is 15.0 Å². The second-order valence-electron chi connectivity index (χ2n) is 8.06. The standard InChI is InChI=1S/C23H24FN3O3S/c1-31(29,30)27-17-6-4-5-16(14-17)20-13-15(9-11-21(20)24)10-12-22-18-7-2-3-8-19(18)23(28)26-25-22/h4-6,9,11,13-14,22,27H,2-3,7-8,10,12H2,1H3. The van der Waals surface area contributed by atoms with Crippen molar-refractivity contribution in [2.45, 2.75) is 44.6 Å². The highest BCUT2D eigenvalue weighted by atomic mass is 32.2. The fraction of sp³-hybridized carbons (Fsp3) is 0.348. The Morgan fingerprint density at radius 2 is 1.94 bits per heavy atom. The molecule has 1 amide bonds. The number of amides is 1. The van der Waals surface area contributed by atoms with E-state index in [1.54, 1.807) is 36.4 Å². The second-order valence-corrected chi connectivity index (χ2v) is 9.80. The first-order chi connectivity index (χ1) is 14.8. The van der Waals surface area contributed by atoms with Crippen LogP contribution in [0.3, 0.4) is 0 Å². The van der Waals surface area contributed by atoms with Crippen LogP contribution in [0.15, 0.2) is 63.8 Å². The van der Waals surface area contributed by atoms with E-state index in [9.17, 15) is 17.6 Å².